The van der Waals surface area contributed by atoms with Gasteiger partial charge in [0.2, 0.25) is 5.91 Å². The largest absolute Gasteiger partial charge is 0.356 e. The number of fused-ring (bicyclic) bond motifs is 1. The minimum Gasteiger partial charge on any atom is -0.356 e. The Bertz CT molecular complexity index is 788. The lowest BCUT2D eigenvalue weighted by molar-refractivity contribution is -0.127. The van der Waals surface area contributed by atoms with Gasteiger partial charge in [-0.1, -0.05) is 6.07 Å². The molecule has 1 aliphatic heterocycles. The number of carbonyl (C=O) groups excluding carboxylic acids is 1. The number of aliphatic imine (C=N–C) groups is 1. The highest BCUT2D eigenvalue weighted by atomic mass is 127. The number of carbonyl (C=O) groups is 1. The summed E-state index contributed by atoms with van der Waals surface area (Å²) in [7, 11) is 3.48. The van der Waals surface area contributed by atoms with E-state index in [9.17, 15) is 4.79 Å². The molecular formula is C18H28IN7OS. The fourth-order valence-corrected chi connectivity index (χ4v) is 3.65. The molecule has 10 heteroatoms. The molecule has 0 radical (unpaired) electrons. The van der Waals surface area contributed by atoms with Crippen LogP contribution < -0.4 is 10.6 Å². The third kappa shape index (κ3) is 6.43. The first-order valence-corrected chi connectivity index (χ1v) is 10.1. The summed E-state index contributed by atoms with van der Waals surface area (Å²) in [4.78, 5) is 23.7. The molecule has 1 unspecified atom stereocenters. The molecule has 1 amide bonds. The number of aryl methyl sites for hydroxylation is 2. The van der Waals surface area contributed by atoms with Gasteiger partial charge in [-0.3, -0.25) is 4.79 Å². The van der Waals surface area contributed by atoms with E-state index in [0.29, 0.717) is 5.96 Å². The Hall–Kier alpha value is -1.69. The summed E-state index contributed by atoms with van der Waals surface area (Å²) in [5, 5.41) is 13.4. The van der Waals surface area contributed by atoms with Gasteiger partial charge in [-0.05, 0) is 31.2 Å². The SMILES string of the molecule is Cc1nc2n(n1)CC(NC(=NCC(=O)N(C)C)NCCc1cccs1)CC2.I. The normalized spacial score (nSPS) is 16.1. The molecule has 154 valence electrons. The summed E-state index contributed by atoms with van der Waals surface area (Å²) >= 11 is 1.75. The van der Waals surface area contributed by atoms with E-state index in [1.54, 1.807) is 30.3 Å². The summed E-state index contributed by atoms with van der Waals surface area (Å²) < 4.78 is 1.96. The van der Waals surface area contributed by atoms with Crippen molar-refractivity contribution in [2.75, 3.05) is 27.2 Å². The highest BCUT2D eigenvalue weighted by Gasteiger charge is 2.21. The van der Waals surface area contributed by atoms with Gasteiger partial charge in [-0.2, -0.15) is 5.10 Å². The van der Waals surface area contributed by atoms with Crippen LogP contribution in [0.2, 0.25) is 0 Å². The van der Waals surface area contributed by atoms with Gasteiger partial charge in [0.05, 0.1) is 6.54 Å². The van der Waals surface area contributed by atoms with E-state index in [4.69, 9.17) is 0 Å². The molecule has 1 atom stereocenters. The van der Waals surface area contributed by atoms with Crippen LogP contribution in [-0.2, 0) is 24.2 Å². The van der Waals surface area contributed by atoms with E-state index in [0.717, 1.165) is 44.0 Å². The van der Waals surface area contributed by atoms with E-state index in [-0.39, 0.29) is 42.5 Å². The van der Waals surface area contributed by atoms with Crippen LogP contribution in [0.3, 0.4) is 0 Å². The average Bonchev–Trinajstić information content (AvgIpc) is 3.27. The maximum absolute atomic E-state index is 11.9. The van der Waals surface area contributed by atoms with Crippen LogP contribution in [0.25, 0.3) is 0 Å². The fraction of sp³-hybridized carbons (Fsp3) is 0.556. The minimum absolute atomic E-state index is 0. The lowest BCUT2D eigenvalue weighted by Crippen LogP contribution is -2.48. The van der Waals surface area contributed by atoms with Gasteiger partial charge < -0.3 is 15.5 Å². The molecule has 28 heavy (non-hydrogen) atoms. The fourth-order valence-electron chi connectivity index (χ4n) is 2.94. The maximum Gasteiger partial charge on any atom is 0.243 e. The summed E-state index contributed by atoms with van der Waals surface area (Å²) in [6, 6.07) is 4.39. The zero-order chi connectivity index (χ0) is 19.2. The Kier molecular flexibility index (Phi) is 8.67. The molecule has 0 spiro atoms. The first-order valence-electron chi connectivity index (χ1n) is 9.19. The van der Waals surface area contributed by atoms with Crippen molar-refractivity contribution in [2.45, 2.75) is 38.8 Å². The second kappa shape index (κ2) is 10.7. The van der Waals surface area contributed by atoms with E-state index in [2.05, 4.69) is 43.2 Å². The van der Waals surface area contributed by atoms with Crippen molar-refractivity contribution in [3.63, 3.8) is 0 Å². The quantitative estimate of drug-likeness (QED) is 0.344. The van der Waals surface area contributed by atoms with Crippen LogP contribution >= 0.6 is 35.3 Å². The van der Waals surface area contributed by atoms with Gasteiger partial charge in [-0.25, -0.2) is 14.7 Å². The number of halogens is 1. The molecule has 3 rings (SSSR count). The molecule has 0 bridgehead atoms. The average molecular weight is 517 g/mol. The molecule has 0 saturated heterocycles. The second-order valence-electron chi connectivity index (χ2n) is 6.85. The zero-order valence-electron chi connectivity index (χ0n) is 16.5. The van der Waals surface area contributed by atoms with Crippen LogP contribution in [-0.4, -0.2) is 64.8 Å². The van der Waals surface area contributed by atoms with Crippen molar-refractivity contribution in [2.24, 2.45) is 4.99 Å². The minimum atomic E-state index is -0.0211. The lowest BCUT2D eigenvalue weighted by atomic mass is 10.1. The van der Waals surface area contributed by atoms with Crippen LogP contribution in [0.5, 0.6) is 0 Å². The first kappa shape index (κ1) is 22.6. The number of nitrogens with zero attached hydrogens (tertiary/aromatic N) is 5. The number of guanidine groups is 1. The van der Waals surface area contributed by atoms with Crippen LogP contribution in [0, 0.1) is 6.92 Å². The number of thiophene rings is 1. The Balaban J connectivity index is 0.00000280. The Labute approximate surface area is 186 Å². The van der Waals surface area contributed by atoms with Crippen molar-refractivity contribution in [1.29, 1.82) is 0 Å². The molecule has 0 aromatic carbocycles. The van der Waals surface area contributed by atoms with Gasteiger partial charge >= 0.3 is 0 Å². The van der Waals surface area contributed by atoms with Gasteiger partial charge in [0.25, 0.3) is 0 Å². The molecule has 8 nitrogen and oxygen atoms in total. The van der Waals surface area contributed by atoms with E-state index in [1.807, 2.05) is 11.6 Å². The molecular weight excluding hydrogens is 489 g/mol. The smallest absolute Gasteiger partial charge is 0.243 e. The number of hydrogen-bond acceptors (Lipinski definition) is 5. The van der Waals surface area contributed by atoms with Crippen molar-refractivity contribution in [1.82, 2.24) is 30.3 Å². The first-order chi connectivity index (χ1) is 13.0. The van der Waals surface area contributed by atoms with Crippen LogP contribution in [0.15, 0.2) is 22.5 Å². The molecule has 3 heterocycles. The highest BCUT2D eigenvalue weighted by molar-refractivity contribution is 14.0. The topological polar surface area (TPSA) is 87.4 Å². The molecule has 2 aromatic rings. The number of rotatable bonds is 6. The third-order valence-corrected chi connectivity index (χ3v) is 5.36. The van der Waals surface area contributed by atoms with Crippen molar-refractivity contribution < 1.29 is 4.79 Å². The number of aromatic nitrogens is 3. The van der Waals surface area contributed by atoms with Crippen LogP contribution in [0.4, 0.5) is 0 Å². The predicted molar refractivity (Wildman–Crippen MR) is 122 cm³/mol. The van der Waals surface area contributed by atoms with Gasteiger partial charge in [0.15, 0.2) is 5.96 Å². The third-order valence-electron chi connectivity index (χ3n) is 4.42. The Morgan fingerprint density at radius 2 is 2.29 bits per heavy atom. The number of hydrogen-bond donors (Lipinski definition) is 2. The van der Waals surface area contributed by atoms with Crippen molar-refractivity contribution in [3.8, 4) is 0 Å². The summed E-state index contributed by atoms with van der Waals surface area (Å²) in [6.45, 7) is 3.56. The molecule has 1 aliphatic rings. The monoisotopic (exact) mass is 517 g/mol. The molecule has 0 saturated carbocycles. The molecule has 0 fully saturated rings. The van der Waals surface area contributed by atoms with Crippen molar-refractivity contribution in [3.05, 3.63) is 34.0 Å². The van der Waals surface area contributed by atoms with Gasteiger partial charge in [0.1, 0.15) is 18.2 Å². The summed E-state index contributed by atoms with van der Waals surface area (Å²) in [6.07, 6.45) is 2.78. The Morgan fingerprint density at radius 3 is 3.00 bits per heavy atom. The Morgan fingerprint density at radius 1 is 1.46 bits per heavy atom. The van der Waals surface area contributed by atoms with Gasteiger partial charge in [-0.15, -0.1) is 35.3 Å². The highest BCUT2D eigenvalue weighted by Crippen LogP contribution is 2.13. The number of nitrogens with one attached hydrogen (secondary N) is 2. The van der Waals surface area contributed by atoms with E-state index < -0.39 is 0 Å². The maximum atomic E-state index is 11.9. The zero-order valence-corrected chi connectivity index (χ0v) is 19.7. The van der Waals surface area contributed by atoms with Gasteiger partial charge in [0, 0.05) is 38.0 Å². The molecule has 2 N–H and O–H groups in total. The molecule has 0 aliphatic carbocycles. The van der Waals surface area contributed by atoms with Crippen LogP contribution in [0.1, 0.15) is 22.9 Å². The number of likely N-dealkylation sites (N-methyl/N-ethyl adjacent to an activating group) is 1. The second-order valence-corrected chi connectivity index (χ2v) is 7.88. The molecule has 2 aromatic heterocycles. The van der Waals surface area contributed by atoms with E-state index >= 15 is 0 Å². The van der Waals surface area contributed by atoms with Crippen molar-refractivity contribution >= 4 is 47.2 Å². The lowest BCUT2D eigenvalue weighted by Gasteiger charge is -2.25. The number of amides is 1. The predicted octanol–water partition coefficient (Wildman–Crippen LogP) is 1.45. The summed E-state index contributed by atoms with van der Waals surface area (Å²) in [5.74, 6) is 2.50. The van der Waals surface area contributed by atoms with E-state index in [1.165, 1.54) is 4.88 Å². The standard InChI is InChI=1S/C18H27N7OS.HI/c1-13-21-16-7-6-14(12-25(16)23-13)22-18(20-11-17(26)24(2)3)19-9-8-15-5-4-10-27-15;/h4-5,10,14H,6-9,11-12H2,1-3H3,(H2,19,20,22);1H. The summed E-state index contributed by atoms with van der Waals surface area (Å²) in [5.41, 5.74) is 0.